The molecule has 0 fully saturated rings. The van der Waals surface area contributed by atoms with Gasteiger partial charge in [-0.2, -0.15) is 0 Å². The van der Waals surface area contributed by atoms with Crippen molar-refractivity contribution >= 4 is 27.3 Å². The van der Waals surface area contributed by atoms with E-state index < -0.39 is 0 Å². The number of rotatable bonds is 3. The summed E-state index contributed by atoms with van der Waals surface area (Å²) in [7, 11) is 0. The van der Waals surface area contributed by atoms with E-state index in [0.717, 1.165) is 21.5 Å². The van der Waals surface area contributed by atoms with E-state index in [2.05, 4.69) is 20.9 Å². The largest absolute Gasteiger partial charge is 0.431 e. The van der Waals surface area contributed by atoms with Crippen LogP contribution in [0.15, 0.2) is 22.7 Å². The molecule has 0 spiro atoms. The maximum Gasteiger partial charge on any atom is 0.279 e. The van der Waals surface area contributed by atoms with Crippen LogP contribution in [-0.2, 0) is 6.54 Å². The molecule has 0 radical (unpaired) electrons. The fraction of sp³-hybridized carbons (Fsp3) is 0.250. The van der Waals surface area contributed by atoms with Gasteiger partial charge < -0.3 is 10.5 Å². The van der Waals surface area contributed by atoms with Crippen molar-refractivity contribution < 1.29 is 4.74 Å². The molecule has 1 heterocycles. The zero-order chi connectivity index (χ0) is 12.4. The number of hydrogen-bond acceptors (Lipinski definition) is 4. The van der Waals surface area contributed by atoms with E-state index in [1.54, 1.807) is 11.3 Å². The van der Waals surface area contributed by atoms with E-state index in [4.69, 9.17) is 10.5 Å². The monoisotopic (exact) mass is 312 g/mol. The molecule has 2 N–H and O–H groups in total. The molecule has 0 aliphatic heterocycles. The lowest BCUT2D eigenvalue weighted by atomic mass is 10.2. The summed E-state index contributed by atoms with van der Waals surface area (Å²) in [4.78, 5) is 5.52. The van der Waals surface area contributed by atoms with Crippen LogP contribution in [0.3, 0.4) is 0 Å². The SMILES string of the molecule is Cc1nc(Oc2ccc(Br)cc2CN)sc1C. The molecule has 90 valence electrons. The first-order valence-electron chi connectivity index (χ1n) is 5.20. The summed E-state index contributed by atoms with van der Waals surface area (Å²) in [6, 6.07) is 5.79. The molecule has 17 heavy (non-hydrogen) atoms. The topological polar surface area (TPSA) is 48.1 Å². The minimum Gasteiger partial charge on any atom is -0.431 e. The van der Waals surface area contributed by atoms with Crippen LogP contribution in [0.2, 0.25) is 0 Å². The highest BCUT2D eigenvalue weighted by atomic mass is 79.9. The first-order valence-corrected chi connectivity index (χ1v) is 6.81. The number of nitrogens with two attached hydrogens (primary N) is 1. The first kappa shape index (κ1) is 12.5. The molecule has 1 aromatic carbocycles. The van der Waals surface area contributed by atoms with Crippen molar-refractivity contribution in [2.45, 2.75) is 20.4 Å². The molecular weight excluding hydrogens is 300 g/mol. The summed E-state index contributed by atoms with van der Waals surface area (Å²) in [5.41, 5.74) is 7.66. The summed E-state index contributed by atoms with van der Waals surface area (Å²) < 4.78 is 6.76. The third-order valence-corrected chi connectivity index (χ3v) is 3.89. The average molecular weight is 313 g/mol. The Kier molecular flexibility index (Phi) is 3.81. The third kappa shape index (κ3) is 2.86. The van der Waals surface area contributed by atoms with E-state index in [1.807, 2.05) is 32.0 Å². The minimum absolute atomic E-state index is 0.443. The number of thiazole rings is 1. The van der Waals surface area contributed by atoms with Crippen LogP contribution >= 0.6 is 27.3 Å². The van der Waals surface area contributed by atoms with E-state index in [0.29, 0.717) is 11.7 Å². The van der Waals surface area contributed by atoms with Gasteiger partial charge >= 0.3 is 0 Å². The smallest absolute Gasteiger partial charge is 0.279 e. The van der Waals surface area contributed by atoms with Crippen molar-refractivity contribution in [2.24, 2.45) is 5.73 Å². The molecule has 2 aromatic rings. The Hall–Kier alpha value is -0.910. The van der Waals surface area contributed by atoms with Crippen molar-refractivity contribution in [3.63, 3.8) is 0 Å². The Labute approximate surface area is 113 Å². The second kappa shape index (κ2) is 5.16. The van der Waals surface area contributed by atoms with Crippen LogP contribution in [0.4, 0.5) is 0 Å². The lowest BCUT2D eigenvalue weighted by molar-refractivity contribution is 0.471. The van der Waals surface area contributed by atoms with Gasteiger partial charge in [-0.05, 0) is 32.0 Å². The molecule has 2 rings (SSSR count). The van der Waals surface area contributed by atoms with E-state index >= 15 is 0 Å². The zero-order valence-electron chi connectivity index (χ0n) is 9.66. The Morgan fingerprint density at radius 1 is 1.41 bits per heavy atom. The van der Waals surface area contributed by atoms with Crippen molar-refractivity contribution in [3.05, 3.63) is 38.8 Å². The number of aromatic nitrogens is 1. The van der Waals surface area contributed by atoms with Gasteiger partial charge in [0.15, 0.2) is 0 Å². The molecular formula is C12H13BrN2OS. The number of ether oxygens (including phenoxy) is 1. The molecule has 0 aliphatic carbocycles. The van der Waals surface area contributed by atoms with Gasteiger partial charge in [0.25, 0.3) is 5.19 Å². The van der Waals surface area contributed by atoms with Gasteiger partial charge in [-0.25, -0.2) is 4.98 Å². The highest BCUT2D eigenvalue weighted by Crippen LogP contribution is 2.31. The third-order valence-electron chi connectivity index (χ3n) is 2.45. The minimum atomic E-state index is 0.443. The second-order valence-electron chi connectivity index (χ2n) is 3.68. The summed E-state index contributed by atoms with van der Waals surface area (Å²) >= 11 is 4.96. The van der Waals surface area contributed by atoms with Gasteiger partial charge in [-0.3, -0.25) is 0 Å². The average Bonchev–Trinajstić information content (AvgIpc) is 2.60. The maximum atomic E-state index is 5.76. The molecule has 0 aliphatic rings. The van der Waals surface area contributed by atoms with Gasteiger partial charge in [0.05, 0.1) is 5.69 Å². The van der Waals surface area contributed by atoms with Crippen LogP contribution in [0, 0.1) is 13.8 Å². The van der Waals surface area contributed by atoms with Gasteiger partial charge in [0.1, 0.15) is 5.75 Å². The summed E-state index contributed by atoms with van der Waals surface area (Å²) in [5, 5.41) is 0.664. The van der Waals surface area contributed by atoms with E-state index in [9.17, 15) is 0 Å². The normalized spacial score (nSPS) is 10.6. The summed E-state index contributed by atoms with van der Waals surface area (Å²) in [5.74, 6) is 0.768. The Morgan fingerprint density at radius 2 is 2.18 bits per heavy atom. The predicted octanol–water partition coefficient (Wildman–Crippen LogP) is 3.77. The van der Waals surface area contributed by atoms with E-state index in [-0.39, 0.29) is 0 Å². The van der Waals surface area contributed by atoms with Gasteiger partial charge in [0, 0.05) is 21.5 Å². The number of aryl methyl sites for hydroxylation is 2. The molecule has 0 saturated carbocycles. The van der Waals surface area contributed by atoms with Gasteiger partial charge in [0.2, 0.25) is 0 Å². The Balaban J connectivity index is 2.29. The van der Waals surface area contributed by atoms with Crippen LogP contribution in [0.25, 0.3) is 0 Å². The lowest BCUT2D eigenvalue weighted by Crippen LogP contribution is -1.99. The van der Waals surface area contributed by atoms with Crippen molar-refractivity contribution in [2.75, 3.05) is 0 Å². The van der Waals surface area contributed by atoms with Crippen LogP contribution in [-0.4, -0.2) is 4.98 Å². The van der Waals surface area contributed by atoms with Crippen LogP contribution in [0.1, 0.15) is 16.1 Å². The van der Waals surface area contributed by atoms with Gasteiger partial charge in [-0.1, -0.05) is 27.3 Å². The van der Waals surface area contributed by atoms with Crippen molar-refractivity contribution in [3.8, 4) is 10.9 Å². The standard InChI is InChI=1S/C12H13BrN2OS/c1-7-8(2)17-12(15-7)16-11-4-3-10(13)5-9(11)6-14/h3-5H,6,14H2,1-2H3. The Morgan fingerprint density at radius 3 is 2.76 bits per heavy atom. The number of halogens is 1. The van der Waals surface area contributed by atoms with Crippen LogP contribution < -0.4 is 10.5 Å². The van der Waals surface area contributed by atoms with E-state index in [1.165, 1.54) is 4.88 Å². The quantitative estimate of drug-likeness (QED) is 0.938. The maximum absolute atomic E-state index is 5.76. The molecule has 0 bridgehead atoms. The molecule has 0 unspecified atom stereocenters. The highest BCUT2D eigenvalue weighted by molar-refractivity contribution is 9.10. The summed E-state index contributed by atoms with van der Waals surface area (Å²) in [6.45, 7) is 4.45. The van der Waals surface area contributed by atoms with Crippen molar-refractivity contribution in [1.29, 1.82) is 0 Å². The summed E-state index contributed by atoms with van der Waals surface area (Å²) in [6.07, 6.45) is 0. The number of benzene rings is 1. The molecule has 0 amide bonds. The number of hydrogen-bond donors (Lipinski definition) is 1. The fourth-order valence-corrected chi connectivity index (χ4v) is 2.57. The van der Waals surface area contributed by atoms with Crippen LogP contribution in [0.5, 0.6) is 10.9 Å². The predicted molar refractivity (Wildman–Crippen MR) is 73.7 cm³/mol. The molecule has 0 atom stereocenters. The Bertz CT molecular complexity index is 520. The van der Waals surface area contributed by atoms with Crippen molar-refractivity contribution in [1.82, 2.24) is 4.98 Å². The fourth-order valence-electron chi connectivity index (χ4n) is 1.39. The zero-order valence-corrected chi connectivity index (χ0v) is 12.1. The molecule has 0 saturated heterocycles. The highest BCUT2D eigenvalue weighted by Gasteiger charge is 2.09. The molecule has 3 nitrogen and oxygen atoms in total. The number of nitrogens with zero attached hydrogens (tertiary/aromatic N) is 1. The molecule has 1 aromatic heterocycles. The second-order valence-corrected chi connectivity index (χ2v) is 5.76. The first-order chi connectivity index (χ1) is 8.10. The van der Waals surface area contributed by atoms with Gasteiger partial charge in [-0.15, -0.1) is 0 Å². The molecule has 5 heteroatoms. The lowest BCUT2D eigenvalue weighted by Gasteiger charge is -2.07.